The molecule has 0 saturated heterocycles. The normalized spacial score (nSPS) is 11.2. The average Bonchev–Trinajstić information content (AvgIpc) is 2.68. The van der Waals surface area contributed by atoms with E-state index in [0.717, 1.165) is 5.56 Å². The van der Waals surface area contributed by atoms with Crippen LogP contribution in [0.5, 0.6) is 0 Å². The standard InChI is InChI=1S/C20H22FN3O4/c1-14(19(26)23-13-15-7-9-16(21)10-8-15)28-18(25)11-12-22-20(27)24-17-5-3-2-4-6-17/h2-10,14H,11-13H2,1H3,(H,23,26)(H2,22,24,27)/t14-/m0/s1. The summed E-state index contributed by atoms with van der Waals surface area (Å²) < 4.78 is 17.9. The summed E-state index contributed by atoms with van der Waals surface area (Å²) in [4.78, 5) is 35.5. The Kier molecular flexibility index (Phi) is 7.95. The Morgan fingerprint density at radius 1 is 1.00 bits per heavy atom. The van der Waals surface area contributed by atoms with Gasteiger partial charge < -0.3 is 20.7 Å². The summed E-state index contributed by atoms with van der Waals surface area (Å²) in [5.41, 5.74) is 1.36. The smallest absolute Gasteiger partial charge is 0.319 e. The minimum absolute atomic E-state index is 0.0709. The van der Waals surface area contributed by atoms with Crippen LogP contribution >= 0.6 is 0 Å². The maximum absolute atomic E-state index is 12.8. The third-order valence-corrected chi connectivity index (χ3v) is 3.70. The van der Waals surface area contributed by atoms with Crippen LogP contribution in [0.2, 0.25) is 0 Å². The van der Waals surface area contributed by atoms with Crippen molar-refractivity contribution < 1.29 is 23.5 Å². The molecular formula is C20H22FN3O4. The second kappa shape index (κ2) is 10.7. The van der Waals surface area contributed by atoms with Crippen molar-refractivity contribution in [3.63, 3.8) is 0 Å². The van der Waals surface area contributed by atoms with E-state index < -0.39 is 24.0 Å². The van der Waals surface area contributed by atoms with Crippen LogP contribution in [-0.2, 0) is 20.9 Å². The molecule has 0 aromatic heterocycles. The number of benzene rings is 2. The number of ether oxygens (including phenoxy) is 1. The number of urea groups is 1. The van der Waals surface area contributed by atoms with Crippen LogP contribution < -0.4 is 16.0 Å². The summed E-state index contributed by atoms with van der Waals surface area (Å²) in [6, 6.07) is 14.1. The van der Waals surface area contributed by atoms with Crippen molar-refractivity contribution in [2.75, 3.05) is 11.9 Å². The third-order valence-electron chi connectivity index (χ3n) is 3.70. The number of hydrogen-bond acceptors (Lipinski definition) is 4. The van der Waals surface area contributed by atoms with Crippen molar-refractivity contribution in [1.29, 1.82) is 0 Å². The molecule has 148 valence electrons. The Labute approximate surface area is 162 Å². The van der Waals surface area contributed by atoms with Gasteiger partial charge in [-0.2, -0.15) is 0 Å². The molecular weight excluding hydrogens is 365 g/mol. The number of amides is 3. The summed E-state index contributed by atoms with van der Waals surface area (Å²) in [5.74, 6) is -1.43. The van der Waals surface area contributed by atoms with Crippen molar-refractivity contribution in [3.8, 4) is 0 Å². The Morgan fingerprint density at radius 2 is 1.68 bits per heavy atom. The SMILES string of the molecule is C[C@H](OC(=O)CCNC(=O)Nc1ccccc1)C(=O)NCc1ccc(F)cc1. The van der Waals surface area contributed by atoms with E-state index in [0.29, 0.717) is 5.69 Å². The fraction of sp³-hybridized carbons (Fsp3) is 0.250. The monoisotopic (exact) mass is 387 g/mol. The lowest BCUT2D eigenvalue weighted by molar-refractivity contribution is -0.154. The van der Waals surface area contributed by atoms with Gasteiger partial charge in [-0.1, -0.05) is 30.3 Å². The van der Waals surface area contributed by atoms with Gasteiger partial charge in [-0.25, -0.2) is 9.18 Å². The number of carbonyl (C=O) groups is 3. The summed E-state index contributed by atoms with van der Waals surface area (Å²) in [6.45, 7) is 1.72. The molecule has 0 aliphatic rings. The van der Waals surface area contributed by atoms with Crippen LogP contribution in [0, 0.1) is 5.82 Å². The number of carbonyl (C=O) groups excluding carboxylic acids is 3. The second-order valence-electron chi connectivity index (χ2n) is 5.97. The molecule has 0 bridgehead atoms. The number of hydrogen-bond donors (Lipinski definition) is 3. The van der Waals surface area contributed by atoms with Gasteiger partial charge in [0.25, 0.3) is 5.91 Å². The van der Waals surface area contributed by atoms with Crippen LogP contribution in [0.4, 0.5) is 14.9 Å². The largest absolute Gasteiger partial charge is 0.452 e. The number of halogens is 1. The van der Waals surface area contributed by atoms with Gasteiger partial charge in [0.05, 0.1) is 6.42 Å². The summed E-state index contributed by atoms with van der Waals surface area (Å²) in [7, 11) is 0. The van der Waals surface area contributed by atoms with E-state index in [1.165, 1.54) is 19.1 Å². The molecule has 0 heterocycles. The first kappa shape index (κ1) is 20.9. The fourth-order valence-corrected chi connectivity index (χ4v) is 2.22. The van der Waals surface area contributed by atoms with E-state index in [4.69, 9.17) is 4.74 Å². The lowest BCUT2D eigenvalue weighted by Crippen LogP contribution is -2.36. The fourth-order valence-electron chi connectivity index (χ4n) is 2.22. The van der Waals surface area contributed by atoms with Gasteiger partial charge in [0, 0.05) is 18.8 Å². The number of anilines is 1. The second-order valence-corrected chi connectivity index (χ2v) is 5.97. The zero-order valence-corrected chi connectivity index (χ0v) is 15.4. The highest BCUT2D eigenvalue weighted by atomic mass is 19.1. The lowest BCUT2D eigenvalue weighted by atomic mass is 10.2. The average molecular weight is 387 g/mol. The van der Waals surface area contributed by atoms with Crippen molar-refractivity contribution in [1.82, 2.24) is 10.6 Å². The molecule has 2 aromatic carbocycles. The maximum atomic E-state index is 12.8. The zero-order chi connectivity index (χ0) is 20.4. The molecule has 0 aliphatic heterocycles. The summed E-state index contributed by atoms with van der Waals surface area (Å²) in [6.07, 6.45) is -1.05. The first-order chi connectivity index (χ1) is 13.4. The van der Waals surface area contributed by atoms with Crippen LogP contribution in [0.3, 0.4) is 0 Å². The van der Waals surface area contributed by atoms with E-state index in [1.807, 2.05) is 6.07 Å². The van der Waals surface area contributed by atoms with Crippen molar-refractivity contribution in [2.45, 2.75) is 26.0 Å². The quantitative estimate of drug-likeness (QED) is 0.607. The highest BCUT2D eigenvalue weighted by Crippen LogP contribution is 2.05. The summed E-state index contributed by atoms with van der Waals surface area (Å²) in [5, 5.41) is 7.76. The van der Waals surface area contributed by atoms with Gasteiger partial charge in [0.15, 0.2) is 6.10 Å². The molecule has 7 nitrogen and oxygen atoms in total. The first-order valence-corrected chi connectivity index (χ1v) is 8.75. The Hall–Kier alpha value is -3.42. The molecule has 2 aromatic rings. The minimum atomic E-state index is -0.980. The number of para-hydroxylation sites is 1. The topological polar surface area (TPSA) is 96.5 Å². The number of nitrogens with one attached hydrogen (secondary N) is 3. The molecule has 2 rings (SSSR count). The molecule has 8 heteroatoms. The van der Waals surface area contributed by atoms with Crippen LogP contribution in [0.25, 0.3) is 0 Å². The molecule has 0 aliphatic carbocycles. The van der Waals surface area contributed by atoms with Crippen molar-refractivity contribution in [3.05, 3.63) is 66.0 Å². The van der Waals surface area contributed by atoms with Gasteiger partial charge in [0.2, 0.25) is 0 Å². The molecule has 3 amide bonds. The van der Waals surface area contributed by atoms with E-state index >= 15 is 0 Å². The Balaban J connectivity index is 1.63. The highest BCUT2D eigenvalue weighted by Gasteiger charge is 2.17. The van der Waals surface area contributed by atoms with Crippen LogP contribution in [-0.4, -0.2) is 30.6 Å². The van der Waals surface area contributed by atoms with E-state index in [9.17, 15) is 18.8 Å². The molecule has 28 heavy (non-hydrogen) atoms. The van der Waals surface area contributed by atoms with Crippen molar-refractivity contribution >= 4 is 23.6 Å². The van der Waals surface area contributed by atoms with E-state index in [-0.39, 0.29) is 25.3 Å². The van der Waals surface area contributed by atoms with Gasteiger partial charge in [-0.3, -0.25) is 9.59 Å². The molecule has 0 spiro atoms. The van der Waals surface area contributed by atoms with Gasteiger partial charge >= 0.3 is 12.0 Å². The highest BCUT2D eigenvalue weighted by molar-refractivity contribution is 5.89. The minimum Gasteiger partial charge on any atom is -0.452 e. The lowest BCUT2D eigenvalue weighted by Gasteiger charge is -2.14. The first-order valence-electron chi connectivity index (χ1n) is 8.75. The van der Waals surface area contributed by atoms with Gasteiger partial charge in [-0.05, 0) is 36.8 Å². The molecule has 0 saturated carbocycles. The van der Waals surface area contributed by atoms with E-state index in [2.05, 4.69) is 16.0 Å². The zero-order valence-electron chi connectivity index (χ0n) is 15.4. The molecule has 0 unspecified atom stereocenters. The number of rotatable bonds is 8. The van der Waals surface area contributed by atoms with Crippen LogP contribution in [0.15, 0.2) is 54.6 Å². The predicted octanol–water partition coefficient (Wildman–Crippen LogP) is 2.59. The Bertz CT molecular complexity index is 797. The van der Waals surface area contributed by atoms with Gasteiger partial charge in [0.1, 0.15) is 5.82 Å². The maximum Gasteiger partial charge on any atom is 0.319 e. The predicted molar refractivity (Wildman–Crippen MR) is 102 cm³/mol. The van der Waals surface area contributed by atoms with Crippen LogP contribution in [0.1, 0.15) is 18.9 Å². The number of esters is 1. The Morgan fingerprint density at radius 3 is 2.36 bits per heavy atom. The van der Waals surface area contributed by atoms with Gasteiger partial charge in [-0.15, -0.1) is 0 Å². The van der Waals surface area contributed by atoms with Crippen molar-refractivity contribution in [2.24, 2.45) is 0 Å². The molecule has 3 N–H and O–H groups in total. The van der Waals surface area contributed by atoms with E-state index in [1.54, 1.807) is 36.4 Å². The third kappa shape index (κ3) is 7.45. The summed E-state index contributed by atoms with van der Waals surface area (Å²) >= 11 is 0. The molecule has 0 radical (unpaired) electrons. The molecule has 1 atom stereocenters. The molecule has 0 fully saturated rings.